The van der Waals surface area contributed by atoms with Crippen molar-refractivity contribution in [1.82, 2.24) is 0 Å². The molecule has 0 aromatic heterocycles. The molecule has 4 fully saturated rings. The van der Waals surface area contributed by atoms with E-state index in [4.69, 9.17) is 0 Å². The van der Waals surface area contributed by atoms with Gasteiger partial charge in [0.25, 0.3) is 0 Å². The molecule has 4 bridgehead atoms. The van der Waals surface area contributed by atoms with Crippen molar-refractivity contribution < 1.29 is 0 Å². The third-order valence-corrected chi connectivity index (χ3v) is 6.54. The van der Waals surface area contributed by atoms with E-state index in [2.05, 4.69) is 42.5 Å². The van der Waals surface area contributed by atoms with Crippen molar-refractivity contribution in [3.05, 3.63) is 60.2 Å². The molecule has 0 heterocycles. The van der Waals surface area contributed by atoms with Crippen LogP contribution in [0.25, 0.3) is 11.1 Å². The maximum atomic E-state index is 3.34. The lowest BCUT2D eigenvalue weighted by Crippen LogP contribution is -2.43. The lowest BCUT2D eigenvalue weighted by Gasteiger charge is -2.54. The van der Waals surface area contributed by atoms with Crippen molar-refractivity contribution in [3.63, 3.8) is 0 Å². The summed E-state index contributed by atoms with van der Waals surface area (Å²) in [5.74, 6) is 4.94. The van der Waals surface area contributed by atoms with Crippen molar-refractivity contribution in [3.8, 4) is 11.1 Å². The first-order chi connectivity index (χ1) is 10.9. The Balaban J connectivity index is 1.44. The van der Waals surface area contributed by atoms with E-state index in [0.29, 0.717) is 0 Å². The van der Waals surface area contributed by atoms with E-state index in [1.807, 2.05) is 12.1 Å². The summed E-state index contributed by atoms with van der Waals surface area (Å²) >= 11 is 0. The molecule has 2 aromatic rings. The van der Waals surface area contributed by atoms with Crippen LogP contribution in [0.4, 0.5) is 0 Å². The largest absolute Gasteiger partial charge is 0.0616 e. The molecular weight excluding hydrogens is 264 g/mol. The van der Waals surface area contributed by atoms with Gasteiger partial charge >= 0.3 is 0 Å². The summed E-state index contributed by atoms with van der Waals surface area (Å²) in [5.41, 5.74) is 4.11. The van der Waals surface area contributed by atoms with E-state index in [9.17, 15) is 0 Å². The second-order valence-corrected chi connectivity index (χ2v) is 7.85. The maximum Gasteiger partial charge on any atom is -0.00992 e. The first kappa shape index (κ1) is 12.9. The van der Waals surface area contributed by atoms with Gasteiger partial charge in [-0.3, -0.25) is 0 Å². The zero-order valence-corrected chi connectivity index (χ0v) is 13.0. The fourth-order valence-corrected chi connectivity index (χ4v) is 5.93. The fourth-order valence-electron chi connectivity index (χ4n) is 5.93. The highest BCUT2D eigenvalue weighted by Gasteiger charge is 2.48. The van der Waals surface area contributed by atoms with Crippen molar-refractivity contribution >= 4 is 0 Å². The molecular formula is C22H23. The van der Waals surface area contributed by atoms with Crippen molar-refractivity contribution in [2.45, 2.75) is 38.0 Å². The fraction of sp³-hybridized carbons (Fsp3) is 0.455. The zero-order chi connectivity index (χ0) is 14.5. The molecule has 0 spiro atoms. The molecule has 0 atom stereocenters. The highest BCUT2D eigenvalue weighted by molar-refractivity contribution is 5.63. The van der Waals surface area contributed by atoms with E-state index >= 15 is 0 Å². The number of benzene rings is 2. The van der Waals surface area contributed by atoms with Crippen LogP contribution in [-0.2, 0) is 0 Å². The number of hydrogen-bond acceptors (Lipinski definition) is 0. The Morgan fingerprint density at radius 2 is 1.41 bits per heavy atom. The Morgan fingerprint density at radius 1 is 0.727 bits per heavy atom. The average Bonchev–Trinajstić information content (AvgIpc) is 2.55. The van der Waals surface area contributed by atoms with Gasteiger partial charge in [-0.2, -0.15) is 0 Å². The van der Waals surface area contributed by atoms with Crippen LogP contribution in [-0.4, -0.2) is 0 Å². The zero-order valence-electron chi connectivity index (χ0n) is 13.0. The highest BCUT2D eigenvalue weighted by Crippen LogP contribution is 2.59. The molecule has 0 saturated heterocycles. The van der Waals surface area contributed by atoms with Crippen LogP contribution in [0.15, 0.2) is 48.5 Å². The van der Waals surface area contributed by atoms with E-state index in [1.54, 1.807) is 12.0 Å². The standard InChI is InChI=1S/C22H23/c1-2-4-17(5-3-1)18-6-8-19(9-7-18)22-20-11-15-10-16(13-20)14-21(22)12-15/h1-4,6-9,15-16,20-22H,10-14H2. The van der Waals surface area contributed by atoms with Crippen LogP contribution in [0.1, 0.15) is 43.6 Å². The summed E-state index contributed by atoms with van der Waals surface area (Å²) in [6, 6.07) is 21.1. The van der Waals surface area contributed by atoms with Crippen molar-refractivity contribution in [2.24, 2.45) is 23.7 Å². The number of hydrogen-bond donors (Lipinski definition) is 0. The second kappa shape index (κ2) is 4.98. The van der Waals surface area contributed by atoms with Gasteiger partial charge in [0.1, 0.15) is 0 Å². The van der Waals surface area contributed by atoms with Gasteiger partial charge in [0.15, 0.2) is 0 Å². The van der Waals surface area contributed by atoms with Gasteiger partial charge in [-0.1, -0.05) is 48.5 Å². The monoisotopic (exact) mass is 287 g/mol. The molecule has 22 heavy (non-hydrogen) atoms. The Kier molecular flexibility index (Phi) is 2.93. The van der Waals surface area contributed by atoms with Gasteiger partial charge in [0, 0.05) is 0 Å². The number of rotatable bonds is 2. The summed E-state index contributed by atoms with van der Waals surface area (Å²) in [6.07, 6.45) is 7.57. The van der Waals surface area contributed by atoms with Crippen LogP contribution in [0, 0.1) is 29.7 Å². The third-order valence-electron chi connectivity index (χ3n) is 6.54. The minimum atomic E-state index is 0.849. The SMILES string of the molecule is [c]1ccccc1-c1ccc(C2C3CC4CC(C3)CC2C4)cc1. The molecule has 0 aliphatic heterocycles. The quantitative estimate of drug-likeness (QED) is 0.665. The van der Waals surface area contributed by atoms with Crippen LogP contribution >= 0.6 is 0 Å². The Bertz CT molecular complexity index is 624. The summed E-state index contributed by atoms with van der Waals surface area (Å²) in [6.45, 7) is 0. The van der Waals surface area contributed by atoms with Crippen molar-refractivity contribution in [1.29, 1.82) is 0 Å². The molecule has 4 saturated carbocycles. The molecule has 0 N–H and O–H groups in total. The van der Waals surface area contributed by atoms with E-state index < -0.39 is 0 Å². The molecule has 4 aliphatic carbocycles. The minimum Gasteiger partial charge on any atom is -0.0616 e. The molecule has 6 rings (SSSR count). The van der Waals surface area contributed by atoms with Crippen LogP contribution in [0.3, 0.4) is 0 Å². The molecule has 0 heteroatoms. The molecule has 2 aromatic carbocycles. The van der Waals surface area contributed by atoms with Crippen LogP contribution < -0.4 is 0 Å². The summed E-state index contributed by atoms with van der Waals surface area (Å²) in [7, 11) is 0. The van der Waals surface area contributed by atoms with Crippen LogP contribution in [0.2, 0.25) is 0 Å². The highest BCUT2D eigenvalue weighted by atomic mass is 14.5. The first-order valence-electron chi connectivity index (χ1n) is 8.94. The molecule has 111 valence electrons. The normalized spacial score (nSPS) is 35.7. The van der Waals surface area contributed by atoms with E-state index in [-0.39, 0.29) is 0 Å². The van der Waals surface area contributed by atoms with Gasteiger partial charge in [0.05, 0.1) is 0 Å². The van der Waals surface area contributed by atoms with Gasteiger partial charge < -0.3 is 0 Å². The van der Waals surface area contributed by atoms with Gasteiger partial charge in [-0.25, -0.2) is 0 Å². The van der Waals surface area contributed by atoms with Gasteiger partial charge in [0.2, 0.25) is 0 Å². The maximum absolute atomic E-state index is 3.34. The third kappa shape index (κ3) is 2.04. The predicted molar refractivity (Wildman–Crippen MR) is 90.5 cm³/mol. The van der Waals surface area contributed by atoms with E-state index in [1.165, 1.54) is 36.8 Å². The van der Waals surface area contributed by atoms with Gasteiger partial charge in [-0.05, 0) is 84.5 Å². The topological polar surface area (TPSA) is 0 Å². The lowest BCUT2D eigenvalue weighted by molar-refractivity contribution is -0.00277. The summed E-state index contributed by atoms with van der Waals surface area (Å²) < 4.78 is 0. The van der Waals surface area contributed by atoms with Gasteiger partial charge in [-0.15, -0.1) is 0 Å². The average molecular weight is 287 g/mol. The smallest absolute Gasteiger partial charge is 0.00992 e. The Labute approximate surface area is 133 Å². The molecule has 1 radical (unpaired) electrons. The second-order valence-electron chi connectivity index (χ2n) is 7.85. The Morgan fingerprint density at radius 3 is 2.00 bits per heavy atom. The molecule has 0 unspecified atom stereocenters. The van der Waals surface area contributed by atoms with Crippen molar-refractivity contribution in [2.75, 3.05) is 0 Å². The first-order valence-corrected chi connectivity index (χ1v) is 8.94. The summed E-state index contributed by atoms with van der Waals surface area (Å²) in [4.78, 5) is 0. The van der Waals surface area contributed by atoms with Crippen LogP contribution in [0.5, 0.6) is 0 Å². The predicted octanol–water partition coefficient (Wildman–Crippen LogP) is 5.69. The molecule has 4 aliphatic rings. The molecule has 0 nitrogen and oxygen atoms in total. The Hall–Kier alpha value is -1.56. The van der Waals surface area contributed by atoms with E-state index in [0.717, 1.165) is 29.6 Å². The summed E-state index contributed by atoms with van der Waals surface area (Å²) in [5, 5.41) is 0. The minimum absolute atomic E-state index is 0.849. The molecule has 0 amide bonds. The lowest BCUT2D eigenvalue weighted by atomic mass is 9.51.